The molecule has 0 spiro atoms. The fourth-order valence-corrected chi connectivity index (χ4v) is 3.77. The van der Waals surface area contributed by atoms with Crippen LogP contribution in [-0.2, 0) is 22.4 Å². The SMILES string of the molecule is COC(=O)C(Cc1ccc2ccccc2c1)NCCc1ccc2ccccc2c1. The Kier molecular flexibility index (Phi) is 5.87. The van der Waals surface area contributed by atoms with Gasteiger partial charge in [0.1, 0.15) is 6.04 Å². The average Bonchev–Trinajstić information content (AvgIpc) is 2.77. The first kappa shape index (κ1) is 19.2. The number of fused-ring (bicyclic) bond motifs is 2. The monoisotopic (exact) mass is 383 g/mol. The number of rotatable bonds is 7. The van der Waals surface area contributed by atoms with Gasteiger partial charge in [0.15, 0.2) is 0 Å². The molecule has 0 saturated heterocycles. The van der Waals surface area contributed by atoms with E-state index in [0.717, 1.165) is 12.0 Å². The van der Waals surface area contributed by atoms with Crippen LogP contribution in [-0.4, -0.2) is 25.7 Å². The quantitative estimate of drug-likeness (QED) is 0.461. The summed E-state index contributed by atoms with van der Waals surface area (Å²) in [5.74, 6) is -0.225. The Bertz CT molecular complexity index is 1140. The lowest BCUT2D eigenvalue weighted by Gasteiger charge is -2.17. The summed E-state index contributed by atoms with van der Waals surface area (Å²) in [6.45, 7) is 0.714. The van der Waals surface area contributed by atoms with Gasteiger partial charge in [-0.3, -0.25) is 4.79 Å². The van der Waals surface area contributed by atoms with Crippen molar-refractivity contribution in [1.82, 2.24) is 5.32 Å². The summed E-state index contributed by atoms with van der Waals surface area (Å²) in [6.07, 6.45) is 1.46. The Hall–Kier alpha value is -3.17. The normalized spacial score (nSPS) is 12.2. The zero-order valence-electron chi connectivity index (χ0n) is 16.6. The van der Waals surface area contributed by atoms with Gasteiger partial charge in [-0.1, -0.05) is 84.9 Å². The van der Waals surface area contributed by atoms with Crippen molar-refractivity contribution in [3.8, 4) is 0 Å². The fraction of sp³-hybridized carbons (Fsp3) is 0.192. The molecule has 0 amide bonds. The van der Waals surface area contributed by atoms with E-state index in [-0.39, 0.29) is 12.0 Å². The van der Waals surface area contributed by atoms with E-state index in [1.165, 1.54) is 34.2 Å². The van der Waals surface area contributed by atoms with Gasteiger partial charge in [0.2, 0.25) is 0 Å². The van der Waals surface area contributed by atoms with Gasteiger partial charge >= 0.3 is 5.97 Å². The van der Waals surface area contributed by atoms with E-state index in [1.54, 1.807) is 0 Å². The van der Waals surface area contributed by atoms with Crippen LogP contribution in [0.1, 0.15) is 11.1 Å². The Labute approximate surface area is 171 Å². The minimum Gasteiger partial charge on any atom is -0.468 e. The number of benzene rings is 4. The van der Waals surface area contributed by atoms with E-state index in [4.69, 9.17) is 4.74 Å². The second-order valence-electron chi connectivity index (χ2n) is 7.35. The molecule has 0 aromatic heterocycles. The lowest BCUT2D eigenvalue weighted by Crippen LogP contribution is -2.40. The maximum absolute atomic E-state index is 12.3. The number of hydrogen-bond donors (Lipinski definition) is 1. The summed E-state index contributed by atoms with van der Waals surface area (Å²) in [4.78, 5) is 12.3. The summed E-state index contributed by atoms with van der Waals surface area (Å²) in [6, 6.07) is 29.1. The smallest absolute Gasteiger partial charge is 0.323 e. The minimum absolute atomic E-state index is 0.225. The molecule has 1 unspecified atom stereocenters. The van der Waals surface area contributed by atoms with E-state index in [9.17, 15) is 4.79 Å². The molecule has 4 aromatic rings. The highest BCUT2D eigenvalue weighted by atomic mass is 16.5. The topological polar surface area (TPSA) is 38.3 Å². The Morgan fingerprint density at radius 1 is 0.793 bits per heavy atom. The summed E-state index contributed by atoms with van der Waals surface area (Å²) in [5.41, 5.74) is 2.38. The number of methoxy groups -OCH3 is 1. The highest BCUT2D eigenvalue weighted by molar-refractivity contribution is 5.84. The lowest BCUT2D eigenvalue weighted by molar-refractivity contribution is -0.143. The Balaban J connectivity index is 1.42. The highest BCUT2D eigenvalue weighted by Crippen LogP contribution is 2.18. The summed E-state index contributed by atoms with van der Waals surface area (Å²) in [7, 11) is 1.45. The van der Waals surface area contributed by atoms with Gasteiger partial charge < -0.3 is 10.1 Å². The van der Waals surface area contributed by atoms with Crippen LogP contribution >= 0.6 is 0 Å². The first-order valence-corrected chi connectivity index (χ1v) is 9.99. The third-order valence-corrected chi connectivity index (χ3v) is 5.36. The van der Waals surface area contributed by atoms with Crippen molar-refractivity contribution in [1.29, 1.82) is 0 Å². The second-order valence-corrected chi connectivity index (χ2v) is 7.35. The van der Waals surface area contributed by atoms with Crippen LogP contribution in [0.2, 0.25) is 0 Å². The number of carbonyl (C=O) groups is 1. The maximum Gasteiger partial charge on any atom is 0.323 e. The zero-order valence-corrected chi connectivity index (χ0v) is 16.6. The maximum atomic E-state index is 12.3. The van der Waals surface area contributed by atoms with Gasteiger partial charge in [-0.05, 0) is 52.1 Å². The second kappa shape index (κ2) is 8.89. The third-order valence-electron chi connectivity index (χ3n) is 5.36. The van der Waals surface area contributed by atoms with Crippen molar-refractivity contribution >= 4 is 27.5 Å². The van der Waals surface area contributed by atoms with Crippen LogP contribution in [0.15, 0.2) is 84.9 Å². The molecule has 1 atom stereocenters. The number of carbonyl (C=O) groups excluding carboxylic acids is 1. The first-order chi connectivity index (χ1) is 14.2. The van der Waals surface area contributed by atoms with E-state index in [1.807, 2.05) is 12.1 Å². The standard InChI is InChI=1S/C26H25NO2/c1-29-26(28)25(18-20-11-13-22-7-3-5-9-24(22)17-20)27-15-14-19-10-12-21-6-2-4-8-23(21)16-19/h2-13,16-17,25,27H,14-15,18H2,1H3. The number of nitrogens with one attached hydrogen (secondary N) is 1. The van der Waals surface area contributed by atoms with Crippen molar-refractivity contribution in [2.45, 2.75) is 18.9 Å². The number of esters is 1. The van der Waals surface area contributed by atoms with Crippen molar-refractivity contribution < 1.29 is 9.53 Å². The molecule has 0 aliphatic rings. The van der Waals surface area contributed by atoms with Crippen LogP contribution in [0.3, 0.4) is 0 Å². The van der Waals surface area contributed by atoms with Gasteiger partial charge in [-0.2, -0.15) is 0 Å². The molecule has 0 aliphatic carbocycles. The number of ether oxygens (including phenoxy) is 1. The van der Waals surface area contributed by atoms with Crippen LogP contribution in [0, 0.1) is 0 Å². The minimum atomic E-state index is -0.360. The zero-order chi connectivity index (χ0) is 20.1. The third kappa shape index (κ3) is 4.64. The van der Waals surface area contributed by atoms with Crippen LogP contribution in [0.25, 0.3) is 21.5 Å². The molecule has 0 bridgehead atoms. The lowest BCUT2D eigenvalue weighted by atomic mass is 10.0. The van der Waals surface area contributed by atoms with E-state index in [0.29, 0.717) is 13.0 Å². The fourth-order valence-electron chi connectivity index (χ4n) is 3.77. The van der Waals surface area contributed by atoms with Crippen molar-refractivity contribution in [2.24, 2.45) is 0 Å². The predicted octanol–water partition coefficient (Wildman–Crippen LogP) is 4.91. The largest absolute Gasteiger partial charge is 0.468 e. The summed E-state index contributed by atoms with van der Waals surface area (Å²) < 4.78 is 5.03. The molecule has 29 heavy (non-hydrogen) atoms. The van der Waals surface area contributed by atoms with Crippen LogP contribution < -0.4 is 5.32 Å². The van der Waals surface area contributed by atoms with Gasteiger partial charge in [0, 0.05) is 0 Å². The van der Waals surface area contributed by atoms with Gasteiger partial charge in [-0.25, -0.2) is 0 Å². The summed E-state index contributed by atoms with van der Waals surface area (Å²) >= 11 is 0. The highest BCUT2D eigenvalue weighted by Gasteiger charge is 2.19. The molecule has 3 nitrogen and oxygen atoms in total. The molecule has 0 aliphatic heterocycles. The molecule has 1 N–H and O–H groups in total. The molecule has 0 saturated carbocycles. The van der Waals surface area contributed by atoms with Crippen molar-refractivity contribution in [3.05, 3.63) is 96.1 Å². The number of hydrogen-bond acceptors (Lipinski definition) is 3. The van der Waals surface area contributed by atoms with E-state index < -0.39 is 0 Å². The van der Waals surface area contributed by atoms with Crippen molar-refractivity contribution in [2.75, 3.05) is 13.7 Å². The molecule has 0 fully saturated rings. The van der Waals surface area contributed by atoms with Gasteiger partial charge in [-0.15, -0.1) is 0 Å². The molecular weight excluding hydrogens is 358 g/mol. The van der Waals surface area contributed by atoms with Gasteiger partial charge in [0.25, 0.3) is 0 Å². The van der Waals surface area contributed by atoms with E-state index >= 15 is 0 Å². The van der Waals surface area contributed by atoms with Gasteiger partial charge in [0.05, 0.1) is 7.11 Å². The summed E-state index contributed by atoms with van der Waals surface area (Å²) in [5, 5.41) is 8.26. The van der Waals surface area contributed by atoms with E-state index in [2.05, 4.69) is 78.1 Å². The molecule has 0 heterocycles. The predicted molar refractivity (Wildman–Crippen MR) is 119 cm³/mol. The molecule has 4 aromatic carbocycles. The van der Waals surface area contributed by atoms with Crippen LogP contribution in [0.4, 0.5) is 0 Å². The Morgan fingerprint density at radius 2 is 1.34 bits per heavy atom. The Morgan fingerprint density at radius 3 is 1.97 bits per heavy atom. The van der Waals surface area contributed by atoms with Crippen molar-refractivity contribution in [3.63, 3.8) is 0 Å². The van der Waals surface area contributed by atoms with Crippen LogP contribution in [0.5, 0.6) is 0 Å². The molecule has 146 valence electrons. The molecule has 4 rings (SSSR count). The molecule has 3 heteroatoms. The molecular formula is C26H25NO2. The first-order valence-electron chi connectivity index (χ1n) is 9.99. The average molecular weight is 383 g/mol. The molecule has 0 radical (unpaired) electrons.